The summed E-state index contributed by atoms with van der Waals surface area (Å²) in [5.74, 6) is 0.211. The number of rotatable bonds is 9. The van der Waals surface area contributed by atoms with Gasteiger partial charge in [0.25, 0.3) is 0 Å². The van der Waals surface area contributed by atoms with E-state index in [-0.39, 0.29) is 22.5 Å². The topological polar surface area (TPSA) is 61.4 Å². The molecule has 228 valence electrons. The molecule has 2 aliphatic heterocycles. The van der Waals surface area contributed by atoms with E-state index in [0.29, 0.717) is 29.7 Å². The van der Waals surface area contributed by atoms with Gasteiger partial charge in [-0.05, 0) is 79.6 Å². The normalized spacial score (nSPS) is 20.6. The van der Waals surface area contributed by atoms with Gasteiger partial charge >= 0.3 is 0 Å². The first-order valence-corrected chi connectivity index (χ1v) is 16.1. The molecule has 7 heteroatoms. The van der Waals surface area contributed by atoms with Gasteiger partial charge in [0.1, 0.15) is 0 Å². The number of hydrogen-bond acceptors (Lipinski definition) is 4. The van der Waals surface area contributed by atoms with Crippen molar-refractivity contribution in [3.8, 4) is 0 Å². The first-order valence-electron chi connectivity index (χ1n) is 15.4. The molecule has 3 aromatic carbocycles. The van der Waals surface area contributed by atoms with E-state index in [1.165, 1.54) is 5.56 Å². The third-order valence-electron chi connectivity index (χ3n) is 9.51. The van der Waals surface area contributed by atoms with E-state index in [1.54, 1.807) is 0 Å². The minimum absolute atomic E-state index is 0.0417. The van der Waals surface area contributed by atoms with Crippen LogP contribution >= 0.6 is 23.2 Å². The van der Waals surface area contributed by atoms with Crippen molar-refractivity contribution in [1.29, 1.82) is 0 Å². The zero-order chi connectivity index (χ0) is 30.7. The average Bonchev–Trinajstić information content (AvgIpc) is 3.42. The number of carbonyl (C=O) groups is 2. The summed E-state index contributed by atoms with van der Waals surface area (Å²) in [6, 6.07) is 24.0. The highest BCUT2D eigenvalue weighted by atomic mass is 35.5. The summed E-state index contributed by atoms with van der Waals surface area (Å²) in [5, 5.41) is 7.78. The first kappa shape index (κ1) is 31.7. The van der Waals surface area contributed by atoms with Crippen LogP contribution in [0.3, 0.4) is 0 Å². The predicted octanol–water partition coefficient (Wildman–Crippen LogP) is 6.95. The Morgan fingerprint density at radius 2 is 1.58 bits per heavy atom. The lowest BCUT2D eigenvalue weighted by Crippen LogP contribution is -2.51. The van der Waals surface area contributed by atoms with Gasteiger partial charge in [0.05, 0.1) is 22.0 Å². The molecule has 1 unspecified atom stereocenters. The number of halogens is 2. The van der Waals surface area contributed by atoms with E-state index in [4.69, 9.17) is 23.2 Å². The molecular formula is C36H43Cl2N3O2. The molecule has 0 aromatic heterocycles. The van der Waals surface area contributed by atoms with Crippen LogP contribution in [0.15, 0.2) is 72.8 Å². The molecule has 0 bridgehead atoms. The van der Waals surface area contributed by atoms with E-state index in [2.05, 4.69) is 60.6 Å². The molecule has 0 spiro atoms. The Morgan fingerprint density at radius 1 is 0.884 bits per heavy atom. The Balaban J connectivity index is 1.31. The number of carbonyl (C=O) groups excluding carboxylic acids is 2. The number of likely N-dealkylation sites (tertiary alicyclic amines) is 1. The van der Waals surface area contributed by atoms with Gasteiger partial charge < -0.3 is 10.6 Å². The third kappa shape index (κ3) is 7.01. The summed E-state index contributed by atoms with van der Waals surface area (Å²) in [5.41, 5.74) is 3.38. The zero-order valence-corrected chi connectivity index (χ0v) is 27.0. The number of piperidine rings is 1. The summed E-state index contributed by atoms with van der Waals surface area (Å²) in [6.45, 7) is 10.5. The average molecular weight is 621 g/mol. The fraction of sp³-hybridized carbons (Fsp3) is 0.444. The minimum atomic E-state index is -0.528. The lowest BCUT2D eigenvalue weighted by Gasteiger charge is -2.37. The molecule has 2 N–H and O–H groups in total. The number of Topliss-reactive ketones (excluding diaryl/α,β-unsaturated/α-hetero) is 1. The third-order valence-corrected chi connectivity index (χ3v) is 10.3. The van der Waals surface area contributed by atoms with Crippen molar-refractivity contribution in [2.75, 3.05) is 39.3 Å². The quantitative estimate of drug-likeness (QED) is 0.255. The second-order valence-electron chi connectivity index (χ2n) is 13.3. The van der Waals surface area contributed by atoms with Crippen LogP contribution in [0.2, 0.25) is 10.0 Å². The number of nitrogens with zero attached hydrogens (tertiary/aromatic N) is 1. The summed E-state index contributed by atoms with van der Waals surface area (Å²) < 4.78 is 0. The van der Waals surface area contributed by atoms with Crippen molar-refractivity contribution in [2.45, 2.75) is 62.7 Å². The lowest BCUT2D eigenvalue weighted by atomic mass is 9.72. The van der Waals surface area contributed by atoms with E-state index >= 15 is 0 Å². The molecule has 2 saturated heterocycles. The number of benzene rings is 3. The van der Waals surface area contributed by atoms with Gasteiger partial charge in [-0.25, -0.2) is 0 Å². The van der Waals surface area contributed by atoms with Crippen molar-refractivity contribution in [3.63, 3.8) is 0 Å². The summed E-state index contributed by atoms with van der Waals surface area (Å²) in [7, 11) is 0. The molecule has 1 amide bonds. The van der Waals surface area contributed by atoms with Gasteiger partial charge in [0, 0.05) is 24.1 Å². The Hall–Kier alpha value is -2.70. The molecule has 43 heavy (non-hydrogen) atoms. The van der Waals surface area contributed by atoms with Gasteiger partial charge in [-0.1, -0.05) is 105 Å². The standard InChI is InChI=1S/C36H43Cl2N3O2/c1-34(2,3)27-11-9-26(10-12-27)32(42)24-41-22-18-35(25-41,29-13-14-30(37)31(38)23-29)15-21-40-33(43)36(16-19-39-20-17-36)28-7-5-4-6-8-28/h4-14,23,39H,15-22,24-25H2,1-3H3,(H,40,43). The molecule has 0 aliphatic carbocycles. The highest BCUT2D eigenvalue weighted by Crippen LogP contribution is 2.40. The zero-order valence-electron chi connectivity index (χ0n) is 25.5. The van der Waals surface area contributed by atoms with Crippen molar-refractivity contribution in [3.05, 3.63) is 105 Å². The number of nitrogens with one attached hydrogen (secondary N) is 2. The van der Waals surface area contributed by atoms with Crippen LogP contribution in [0.5, 0.6) is 0 Å². The van der Waals surface area contributed by atoms with Crippen LogP contribution in [0.1, 0.15) is 73.5 Å². The largest absolute Gasteiger partial charge is 0.355 e. The van der Waals surface area contributed by atoms with E-state index in [0.717, 1.165) is 62.0 Å². The molecule has 0 radical (unpaired) electrons. The maximum Gasteiger partial charge on any atom is 0.230 e. The smallest absolute Gasteiger partial charge is 0.230 e. The molecule has 3 aromatic rings. The van der Waals surface area contributed by atoms with Crippen LogP contribution in [0, 0.1) is 0 Å². The van der Waals surface area contributed by atoms with Gasteiger partial charge in [-0.15, -0.1) is 0 Å². The van der Waals surface area contributed by atoms with Crippen molar-refractivity contribution in [1.82, 2.24) is 15.5 Å². The number of hydrogen-bond donors (Lipinski definition) is 2. The van der Waals surface area contributed by atoms with Crippen LogP contribution in [0.4, 0.5) is 0 Å². The van der Waals surface area contributed by atoms with Gasteiger partial charge in [-0.3, -0.25) is 14.5 Å². The first-order chi connectivity index (χ1) is 20.5. The van der Waals surface area contributed by atoms with Crippen LogP contribution in [-0.4, -0.2) is 55.9 Å². The van der Waals surface area contributed by atoms with Crippen molar-refractivity contribution in [2.24, 2.45) is 0 Å². The minimum Gasteiger partial charge on any atom is -0.355 e. The number of ketones is 1. The summed E-state index contributed by atoms with van der Waals surface area (Å²) in [6.07, 6.45) is 3.15. The summed E-state index contributed by atoms with van der Waals surface area (Å²) in [4.78, 5) is 29.4. The Morgan fingerprint density at radius 3 is 2.23 bits per heavy atom. The maximum atomic E-state index is 13.9. The number of amides is 1. The second-order valence-corrected chi connectivity index (χ2v) is 14.1. The molecule has 5 nitrogen and oxygen atoms in total. The monoisotopic (exact) mass is 619 g/mol. The van der Waals surface area contributed by atoms with Gasteiger partial charge in [0.2, 0.25) is 5.91 Å². The van der Waals surface area contributed by atoms with Gasteiger partial charge in [0.15, 0.2) is 5.78 Å². The molecular weight excluding hydrogens is 577 g/mol. The Labute approximate surface area is 266 Å². The molecule has 2 aliphatic rings. The summed E-state index contributed by atoms with van der Waals surface area (Å²) >= 11 is 12.8. The van der Waals surface area contributed by atoms with Crippen molar-refractivity contribution < 1.29 is 9.59 Å². The molecule has 1 atom stereocenters. The molecule has 2 heterocycles. The van der Waals surface area contributed by atoms with Crippen LogP contribution < -0.4 is 10.6 Å². The van der Waals surface area contributed by atoms with Crippen LogP contribution in [0.25, 0.3) is 0 Å². The lowest BCUT2D eigenvalue weighted by molar-refractivity contribution is -0.127. The van der Waals surface area contributed by atoms with E-state index < -0.39 is 5.41 Å². The van der Waals surface area contributed by atoms with Crippen molar-refractivity contribution >= 4 is 34.9 Å². The molecule has 0 saturated carbocycles. The highest BCUT2D eigenvalue weighted by molar-refractivity contribution is 6.42. The van der Waals surface area contributed by atoms with Crippen LogP contribution in [-0.2, 0) is 21.0 Å². The fourth-order valence-electron chi connectivity index (χ4n) is 6.80. The van der Waals surface area contributed by atoms with E-state index in [1.807, 2.05) is 48.5 Å². The van der Waals surface area contributed by atoms with E-state index in [9.17, 15) is 9.59 Å². The fourth-order valence-corrected chi connectivity index (χ4v) is 7.09. The van der Waals surface area contributed by atoms with Gasteiger partial charge in [-0.2, -0.15) is 0 Å². The molecule has 2 fully saturated rings. The Kier molecular flexibility index (Phi) is 9.67. The SMILES string of the molecule is CC(C)(C)c1ccc(C(=O)CN2CCC(CCNC(=O)C3(c4ccccc4)CCNCC3)(c3ccc(Cl)c(Cl)c3)C2)cc1. The highest BCUT2D eigenvalue weighted by Gasteiger charge is 2.43. The Bertz CT molecular complexity index is 1430. The predicted molar refractivity (Wildman–Crippen MR) is 177 cm³/mol. The maximum absolute atomic E-state index is 13.9. The second kappa shape index (κ2) is 13.1. The molecule has 5 rings (SSSR count).